The van der Waals surface area contributed by atoms with Gasteiger partial charge in [-0.05, 0) is 140 Å². The van der Waals surface area contributed by atoms with E-state index >= 15 is 14.4 Å². The fraction of sp³-hybridized carbons (Fsp3) is 0.689. The van der Waals surface area contributed by atoms with Gasteiger partial charge in [-0.1, -0.05) is 46.2 Å². The number of hydrogen-bond donors (Lipinski definition) is 31. The van der Waals surface area contributed by atoms with E-state index in [4.69, 9.17) is 36.1 Å². The van der Waals surface area contributed by atoms with Gasteiger partial charge in [0.1, 0.15) is 102 Å². The molecule has 4 aliphatic rings. The van der Waals surface area contributed by atoms with Crippen molar-refractivity contribution in [2.45, 2.75) is 317 Å². The number of carbonyl (C=O) groups is 22. The molecule has 4 fully saturated rings. The van der Waals surface area contributed by atoms with Crippen LogP contribution in [0.15, 0.2) is 24.3 Å². The van der Waals surface area contributed by atoms with Gasteiger partial charge in [0, 0.05) is 45.6 Å². The van der Waals surface area contributed by atoms with E-state index in [2.05, 4.69) is 85.1 Å². The summed E-state index contributed by atoms with van der Waals surface area (Å²) < 4.78 is 23.6. The highest BCUT2D eigenvalue weighted by Gasteiger charge is 2.54. The molecule has 1 aromatic carbocycles. The zero-order valence-corrected chi connectivity index (χ0v) is 82.9. The first-order chi connectivity index (χ1) is 69.8. The Bertz CT molecular complexity index is 4740. The smallest absolute Gasteiger partial charge is 0.326 e. The number of carboxylic acids is 4. The van der Waals surface area contributed by atoms with Gasteiger partial charge in [0.05, 0.1) is 69.5 Å². The van der Waals surface area contributed by atoms with Crippen LogP contribution < -0.4 is 102 Å². The largest absolute Gasteiger partial charge is 0.508 e. The molecule has 58 nitrogen and oxygen atoms in total. The second-order valence-electron chi connectivity index (χ2n) is 36.7. The van der Waals surface area contributed by atoms with Gasteiger partial charge in [-0.25, -0.2) is 4.79 Å². The Morgan fingerprint density at radius 2 is 1.01 bits per heavy atom. The molecule has 0 bridgehead atoms. The molecule has 0 aromatic heterocycles. The molecule has 0 saturated carbocycles. The van der Waals surface area contributed by atoms with Crippen molar-refractivity contribution in [2.24, 2.45) is 40.9 Å². The zero-order chi connectivity index (χ0) is 111. The highest BCUT2D eigenvalue weighted by molar-refractivity contribution is 6.02. The first kappa shape index (κ1) is 125. The maximum Gasteiger partial charge on any atom is 0.326 e. The molecule has 34 N–H and O–H groups in total. The lowest BCUT2D eigenvalue weighted by Gasteiger charge is -2.48. The molecule has 0 radical (unpaired) electrons. The van der Waals surface area contributed by atoms with Gasteiger partial charge in [0.2, 0.25) is 106 Å². The van der Waals surface area contributed by atoms with Crippen molar-refractivity contribution in [2.75, 3.05) is 52.5 Å². The highest BCUT2D eigenvalue weighted by atomic mass is 16.8. The molecule has 18 amide bonds. The Kier molecular flexibility index (Phi) is 52.7. The summed E-state index contributed by atoms with van der Waals surface area (Å²) in [6.07, 6.45) is -22.0. The fourth-order valence-electron chi connectivity index (χ4n) is 16.2. The third-order valence-electron chi connectivity index (χ3n) is 24.6. The Balaban J connectivity index is 1.46. The first-order valence-corrected chi connectivity index (χ1v) is 48.4. The number of ether oxygens (including phenoxy) is 4. The predicted molar refractivity (Wildman–Crippen MR) is 504 cm³/mol. The number of aromatic hydroxyl groups is 1. The van der Waals surface area contributed by atoms with Crippen molar-refractivity contribution in [3.8, 4) is 5.75 Å². The molecule has 830 valence electrons. The maximum atomic E-state index is 15.6. The summed E-state index contributed by atoms with van der Waals surface area (Å²) in [5, 5.41) is 161. The number of aliphatic carboxylic acids is 4. The molecular weight excluding hydrogens is 1970 g/mol. The van der Waals surface area contributed by atoms with Crippen molar-refractivity contribution in [3.63, 3.8) is 0 Å². The number of amides is 18. The summed E-state index contributed by atoms with van der Waals surface area (Å²) in [7, 11) is 0. The summed E-state index contributed by atoms with van der Waals surface area (Å²) >= 11 is 0. The number of nitrogens with two attached hydrogens (primary N) is 3. The number of carboxylic acid groups (broad SMARTS) is 4. The number of carbonyl (C=O) groups excluding carboxylic acids is 18. The Morgan fingerprint density at radius 1 is 0.514 bits per heavy atom. The molecule has 5 rings (SSSR count). The minimum atomic E-state index is -2.25. The van der Waals surface area contributed by atoms with E-state index in [1.54, 1.807) is 27.7 Å². The van der Waals surface area contributed by atoms with Gasteiger partial charge in [-0.2, -0.15) is 0 Å². The van der Waals surface area contributed by atoms with Crippen molar-refractivity contribution >= 4 is 130 Å². The maximum absolute atomic E-state index is 15.6. The number of aliphatic hydroxyl groups is 7. The van der Waals surface area contributed by atoms with E-state index in [1.165, 1.54) is 24.3 Å². The molecule has 4 heterocycles. The number of hydrogen-bond acceptors (Lipinski definition) is 36. The van der Waals surface area contributed by atoms with Crippen LogP contribution in [0.3, 0.4) is 0 Å². The summed E-state index contributed by atoms with van der Waals surface area (Å²) in [5.41, 5.74) is 17.8. The number of nitrogens with one attached hydrogen (secondary N) is 16. The number of rotatable bonds is 64. The van der Waals surface area contributed by atoms with Crippen LogP contribution in [0.2, 0.25) is 0 Å². The predicted octanol–water partition coefficient (Wildman–Crippen LogP) is -12.2. The van der Waals surface area contributed by atoms with Gasteiger partial charge in [0.15, 0.2) is 25.2 Å². The second-order valence-corrected chi connectivity index (χ2v) is 36.7. The molecule has 1 aromatic rings. The average molecular weight is 2110 g/mol. The summed E-state index contributed by atoms with van der Waals surface area (Å²) in [6.45, 7) is 4.48. The van der Waals surface area contributed by atoms with E-state index in [0.717, 1.165) is 25.7 Å². The summed E-state index contributed by atoms with van der Waals surface area (Å²) in [5.74, 6) is -30.3. The van der Waals surface area contributed by atoms with Gasteiger partial charge in [-0.3, -0.25) is 101 Å². The molecule has 4 aliphatic heterocycles. The van der Waals surface area contributed by atoms with Crippen LogP contribution in [0, 0.1) is 23.7 Å². The second kappa shape index (κ2) is 62.2. The lowest BCUT2D eigenvalue weighted by atomic mass is 9.90. The number of phenols is 1. The lowest BCUT2D eigenvalue weighted by Crippen LogP contribution is -2.67. The Labute approximate surface area is 848 Å². The fourth-order valence-corrected chi connectivity index (χ4v) is 16.2. The number of likely N-dealkylation sites (tertiary alicyclic amines) is 1. The number of phenolic OH excluding ortho intramolecular Hbond substituents is 1. The molecule has 148 heavy (non-hydrogen) atoms. The van der Waals surface area contributed by atoms with Gasteiger partial charge < -0.3 is 187 Å². The quantitative estimate of drug-likeness (QED) is 0.0269. The van der Waals surface area contributed by atoms with Gasteiger partial charge in [0.25, 0.3) is 0 Å². The van der Waals surface area contributed by atoms with Crippen LogP contribution >= 0.6 is 0 Å². The molecule has 0 aliphatic carbocycles. The third-order valence-corrected chi connectivity index (χ3v) is 24.6. The van der Waals surface area contributed by atoms with Crippen molar-refractivity contribution in [1.82, 2.24) is 90.0 Å². The molecular formula is C90H142N20O38. The van der Waals surface area contributed by atoms with Crippen LogP contribution in [0.5, 0.6) is 5.75 Å². The average Bonchev–Trinajstić information content (AvgIpc) is 1.31. The highest BCUT2D eigenvalue weighted by Crippen LogP contribution is 2.35. The van der Waals surface area contributed by atoms with Crippen molar-refractivity contribution in [3.05, 3.63) is 29.8 Å². The minimum absolute atomic E-state index is 0.00454. The monoisotopic (exact) mass is 2110 g/mol. The minimum Gasteiger partial charge on any atom is -0.508 e. The van der Waals surface area contributed by atoms with Crippen molar-refractivity contribution < 1.29 is 186 Å². The van der Waals surface area contributed by atoms with E-state index in [9.17, 15) is 152 Å². The molecule has 58 heteroatoms. The molecule has 26 atom stereocenters. The van der Waals surface area contributed by atoms with Crippen LogP contribution in [0.1, 0.15) is 176 Å². The number of aliphatic hydroxyl groups excluding tert-OH is 7. The number of primary amides is 1. The van der Waals surface area contributed by atoms with E-state index in [0.29, 0.717) is 12.0 Å². The Morgan fingerprint density at radius 3 is 1.53 bits per heavy atom. The first-order valence-electron chi connectivity index (χ1n) is 48.4. The van der Waals surface area contributed by atoms with Crippen LogP contribution in [0.25, 0.3) is 0 Å². The molecule has 0 spiro atoms. The summed E-state index contributed by atoms with van der Waals surface area (Å²) in [6, 6.07) is -20.2. The topological polar surface area (TPSA) is 929 Å². The SMILES string of the molecule is CC[C@H](C)[C@H](NC(=O)[C@H](Cc1ccc(O)cc1)NC(=O)[C@@H]1CCCN1C(=O)[C@H](CCCCN)NC(=O)[C@H](CCCCN)NC(=O)[C@@H](NC(=O)[C@H](C)NC(=O)[C@H](CC(N)=O)NC(=O)[C@H](CCC(=O)O)NC(=O)CNC(=O)CNC(=O)[C@H](CCC(=O)O)NC(=O)[C@H](CCC(=O)O)NC(=O)[C@H](CO)NC(=O)[C@@H]1CCC(=O)N1)[C@@H](C)OC1OC(O)C(CO)C(OC2OC(O)C(O)C(O)C2CO)C1NC(C)=O)C(=O)N[C@@H](CC(C)C)C(=O)O. The van der Waals surface area contributed by atoms with E-state index < -0.39 is 366 Å². The van der Waals surface area contributed by atoms with Gasteiger partial charge >= 0.3 is 23.9 Å². The standard InChI is InChI=1S/C90H142N20O38/c1-8-41(4)67(83(138)106-57(86(141)142)32-40(2)3)108-80(135)55(33-45-17-19-46(115)20-18-45)105-82(137)59-16-13-31-110(59)85(140)54(15-10-12-30-92)103-75(130)49(14-9-11-29-91)102-84(139)68(43(6)145-90-69(97-44(7)114)72(48(38-112)87(143)147-90)146-89-47(37-111)70(126)71(127)88(144)148-89)109-73(128)42(5)96-79(134)56(34-60(93)116)104-76(131)52(23-27-65(122)123)99-63(119)36-94-62(118)35-95-74(129)50(22-26-64(120)121)100-78(133)53(24-28-66(124)125)101-81(136)58(39-113)107-77(132)51-21-25-61(117)98-51/h17-20,40-43,47-59,67-72,87-90,111-113,115,126-127,143-144H,8-16,21-39,91-92H2,1-7H3,(H2,93,116)(H,94,118)(H,95,129)(H,96,134)(H,97,114)(H,98,117)(H,99,119)(H,100,133)(H,101,136)(H,102,139)(H,103,130)(H,104,131)(H,105,137)(H,106,138)(H,107,132)(H,108,135)(H,109,128)(H,120,121)(H,122,123)(H,124,125)(H,141,142)/t41-,42-,43+,47?,48?,49-,50-,51-,52-,53-,54-,55-,56-,57-,58-,59-,67-,68-,69?,70?,71?,72?,87?,88?,89?,90?/m0/s1. The lowest BCUT2D eigenvalue weighted by molar-refractivity contribution is -0.373. The summed E-state index contributed by atoms with van der Waals surface area (Å²) in [4.78, 5) is 300. The van der Waals surface area contributed by atoms with Crippen LogP contribution in [0.4, 0.5) is 0 Å². The molecule has 10 unspecified atom stereocenters. The Hall–Kier alpha value is -13.2. The molecule has 4 saturated heterocycles. The van der Waals surface area contributed by atoms with Crippen molar-refractivity contribution in [1.29, 1.82) is 0 Å². The van der Waals surface area contributed by atoms with Crippen LogP contribution in [-0.4, -0.2) is 389 Å². The van der Waals surface area contributed by atoms with Crippen LogP contribution in [-0.2, 0) is 131 Å². The third kappa shape index (κ3) is 40.5. The van der Waals surface area contributed by atoms with Gasteiger partial charge in [-0.15, -0.1) is 0 Å². The number of nitrogens with zero attached hydrogens (tertiary/aromatic N) is 1. The number of unbranched alkanes of at least 4 members (excludes halogenated alkanes) is 2. The van der Waals surface area contributed by atoms with E-state index in [1.807, 2.05) is 0 Å². The number of benzene rings is 1. The van der Waals surface area contributed by atoms with E-state index in [-0.39, 0.29) is 108 Å². The normalized spacial score (nSPS) is 22.3. The zero-order valence-electron chi connectivity index (χ0n) is 82.9.